The molecule has 6 nitrogen and oxygen atoms in total. The van der Waals surface area contributed by atoms with Crippen LogP contribution in [-0.2, 0) is 11.2 Å². The van der Waals surface area contributed by atoms with Crippen LogP contribution in [0.2, 0.25) is 5.02 Å². The van der Waals surface area contributed by atoms with E-state index in [4.69, 9.17) is 11.6 Å². The molecule has 0 saturated heterocycles. The van der Waals surface area contributed by atoms with Crippen molar-refractivity contribution in [2.24, 2.45) is 0 Å². The molecule has 112 valence electrons. The Kier molecular flexibility index (Phi) is 3.77. The normalized spacial score (nSPS) is 16.6. The van der Waals surface area contributed by atoms with Gasteiger partial charge in [0.05, 0.1) is 24.4 Å². The quantitative estimate of drug-likeness (QED) is 0.856. The molecule has 1 aliphatic rings. The van der Waals surface area contributed by atoms with Crippen molar-refractivity contribution in [2.75, 3.05) is 7.11 Å². The third-order valence-electron chi connectivity index (χ3n) is 3.46. The van der Waals surface area contributed by atoms with Gasteiger partial charge >= 0.3 is 5.97 Å². The summed E-state index contributed by atoms with van der Waals surface area (Å²) in [6, 6.07) is 7.00. The fourth-order valence-corrected chi connectivity index (χ4v) is 2.45. The number of hydrogen-bond acceptors (Lipinski definition) is 5. The molecule has 0 bridgehead atoms. The zero-order valence-corrected chi connectivity index (χ0v) is 12.4. The van der Waals surface area contributed by atoms with Crippen LogP contribution in [0, 0.1) is 0 Å². The van der Waals surface area contributed by atoms with Crippen molar-refractivity contribution in [3.63, 3.8) is 0 Å². The van der Waals surface area contributed by atoms with Gasteiger partial charge in [-0.05, 0) is 17.7 Å². The van der Waals surface area contributed by atoms with Crippen LogP contribution >= 0.6 is 11.6 Å². The lowest BCUT2D eigenvalue weighted by molar-refractivity contribution is 0.0585. The largest absolute Gasteiger partial charge is 0.463 e. The maximum Gasteiger partial charge on any atom is 0.376 e. The number of rotatable bonds is 2. The zero-order valence-electron chi connectivity index (χ0n) is 11.7. The number of ether oxygens (including phenoxy) is 1. The van der Waals surface area contributed by atoms with Gasteiger partial charge in [-0.1, -0.05) is 23.7 Å². The van der Waals surface area contributed by atoms with Crippen LogP contribution in [0.1, 0.15) is 38.3 Å². The topological polar surface area (TPSA) is 81.2 Å². The molecule has 1 N–H and O–H groups in total. The first-order valence-corrected chi connectivity index (χ1v) is 6.97. The fourth-order valence-electron chi connectivity index (χ4n) is 2.33. The summed E-state index contributed by atoms with van der Waals surface area (Å²) in [7, 11) is 1.26. The summed E-state index contributed by atoms with van der Waals surface area (Å²) < 4.78 is 4.60. The number of halogens is 1. The third kappa shape index (κ3) is 2.65. The number of fused-ring (bicyclic) bond motifs is 1. The second-order valence-electron chi connectivity index (χ2n) is 4.83. The van der Waals surface area contributed by atoms with Crippen LogP contribution in [-0.4, -0.2) is 29.0 Å². The van der Waals surface area contributed by atoms with E-state index in [-0.39, 0.29) is 17.8 Å². The van der Waals surface area contributed by atoms with E-state index in [0.29, 0.717) is 22.7 Å². The Morgan fingerprint density at radius 3 is 2.77 bits per heavy atom. The minimum atomic E-state index is -0.628. The number of esters is 1. The molecule has 1 unspecified atom stereocenters. The second-order valence-corrected chi connectivity index (χ2v) is 5.26. The molecule has 1 aromatic heterocycles. The molecule has 0 spiro atoms. The molecule has 1 aromatic carbocycles. The molecular formula is C15H12ClN3O3. The lowest BCUT2D eigenvalue weighted by atomic mass is 9.95. The average molecular weight is 318 g/mol. The average Bonchev–Trinajstić information content (AvgIpc) is 2.54. The predicted molar refractivity (Wildman–Crippen MR) is 78.7 cm³/mol. The number of nitrogens with one attached hydrogen (secondary N) is 1. The van der Waals surface area contributed by atoms with Crippen molar-refractivity contribution >= 4 is 23.5 Å². The Hall–Kier alpha value is -2.47. The summed E-state index contributed by atoms with van der Waals surface area (Å²) in [6.45, 7) is 0. The van der Waals surface area contributed by atoms with E-state index in [0.717, 1.165) is 5.56 Å². The lowest BCUT2D eigenvalue weighted by Gasteiger charge is -2.25. The van der Waals surface area contributed by atoms with Gasteiger partial charge in [0.1, 0.15) is 0 Å². The smallest absolute Gasteiger partial charge is 0.376 e. The van der Waals surface area contributed by atoms with Gasteiger partial charge in [-0.15, -0.1) is 0 Å². The molecule has 3 rings (SSSR count). The highest BCUT2D eigenvalue weighted by molar-refractivity contribution is 6.30. The molecule has 0 aliphatic carbocycles. The predicted octanol–water partition coefficient (Wildman–Crippen LogP) is 1.94. The SMILES string of the molecule is COC(=O)c1ncc2c(n1)CC(c1ccc(Cl)cc1)NC2=O. The van der Waals surface area contributed by atoms with E-state index >= 15 is 0 Å². The highest BCUT2D eigenvalue weighted by atomic mass is 35.5. The number of benzene rings is 1. The molecular weight excluding hydrogens is 306 g/mol. The Morgan fingerprint density at radius 2 is 2.09 bits per heavy atom. The van der Waals surface area contributed by atoms with Gasteiger partial charge in [-0.2, -0.15) is 0 Å². The molecule has 0 fully saturated rings. The number of aromatic nitrogens is 2. The van der Waals surface area contributed by atoms with E-state index in [2.05, 4.69) is 20.0 Å². The summed E-state index contributed by atoms with van der Waals surface area (Å²) in [4.78, 5) is 31.7. The van der Waals surface area contributed by atoms with Crippen molar-refractivity contribution in [1.29, 1.82) is 0 Å². The number of carbonyl (C=O) groups excluding carboxylic acids is 2. The van der Waals surface area contributed by atoms with Crippen molar-refractivity contribution in [3.8, 4) is 0 Å². The van der Waals surface area contributed by atoms with Crippen LogP contribution < -0.4 is 5.32 Å². The minimum Gasteiger partial charge on any atom is -0.463 e. The van der Waals surface area contributed by atoms with Gasteiger partial charge in [-0.3, -0.25) is 4.79 Å². The van der Waals surface area contributed by atoms with E-state index in [9.17, 15) is 9.59 Å². The van der Waals surface area contributed by atoms with Gasteiger partial charge in [-0.25, -0.2) is 14.8 Å². The van der Waals surface area contributed by atoms with Crippen molar-refractivity contribution in [2.45, 2.75) is 12.5 Å². The zero-order chi connectivity index (χ0) is 15.7. The molecule has 22 heavy (non-hydrogen) atoms. The second kappa shape index (κ2) is 5.73. The molecule has 1 atom stereocenters. The first-order valence-electron chi connectivity index (χ1n) is 6.59. The van der Waals surface area contributed by atoms with E-state index in [1.807, 2.05) is 12.1 Å². The Balaban J connectivity index is 1.94. The van der Waals surface area contributed by atoms with Crippen LogP contribution in [0.15, 0.2) is 30.5 Å². The van der Waals surface area contributed by atoms with Crippen LogP contribution in [0.4, 0.5) is 0 Å². The van der Waals surface area contributed by atoms with Crippen molar-refractivity contribution < 1.29 is 14.3 Å². The Morgan fingerprint density at radius 1 is 1.36 bits per heavy atom. The van der Waals surface area contributed by atoms with E-state index in [1.165, 1.54) is 13.3 Å². The van der Waals surface area contributed by atoms with E-state index in [1.54, 1.807) is 12.1 Å². The summed E-state index contributed by atoms with van der Waals surface area (Å²) in [5, 5.41) is 3.52. The molecule has 2 aromatic rings. The summed E-state index contributed by atoms with van der Waals surface area (Å²) >= 11 is 5.87. The van der Waals surface area contributed by atoms with Gasteiger partial charge in [0.15, 0.2) is 0 Å². The van der Waals surface area contributed by atoms with Gasteiger partial charge in [0.2, 0.25) is 5.82 Å². The standard InChI is InChI=1S/C15H12ClN3O3/c1-22-15(21)13-17-7-10-12(18-13)6-11(19-14(10)20)8-2-4-9(16)5-3-8/h2-5,7,11H,6H2,1H3,(H,19,20). The molecule has 0 saturated carbocycles. The maximum absolute atomic E-state index is 12.2. The Bertz CT molecular complexity index is 746. The van der Waals surface area contributed by atoms with Gasteiger partial charge in [0, 0.05) is 17.6 Å². The molecule has 1 amide bonds. The number of hydrogen-bond donors (Lipinski definition) is 1. The fraction of sp³-hybridized carbons (Fsp3) is 0.200. The van der Waals surface area contributed by atoms with Gasteiger partial charge in [0.25, 0.3) is 5.91 Å². The first kappa shape index (κ1) is 14.5. The molecule has 0 radical (unpaired) electrons. The highest BCUT2D eigenvalue weighted by Crippen LogP contribution is 2.25. The van der Waals surface area contributed by atoms with Crippen molar-refractivity contribution in [1.82, 2.24) is 15.3 Å². The highest BCUT2D eigenvalue weighted by Gasteiger charge is 2.28. The Labute approximate surface area is 131 Å². The van der Waals surface area contributed by atoms with Crippen molar-refractivity contribution in [3.05, 3.63) is 58.1 Å². The summed E-state index contributed by atoms with van der Waals surface area (Å²) in [5.41, 5.74) is 1.82. The molecule has 2 heterocycles. The van der Waals surface area contributed by atoms with Crippen LogP contribution in [0.5, 0.6) is 0 Å². The monoisotopic (exact) mass is 317 g/mol. The molecule has 1 aliphatic heterocycles. The number of amides is 1. The third-order valence-corrected chi connectivity index (χ3v) is 3.71. The maximum atomic E-state index is 12.2. The number of nitrogens with zero attached hydrogens (tertiary/aromatic N) is 2. The number of methoxy groups -OCH3 is 1. The molecule has 7 heteroatoms. The summed E-state index contributed by atoms with van der Waals surface area (Å²) in [6.07, 6.45) is 1.82. The number of carbonyl (C=O) groups is 2. The van der Waals surface area contributed by atoms with Crippen LogP contribution in [0.3, 0.4) is 0 Å². The van der Waals surface area contributed by atoms with E-state index < -0.39 is 5.97 Å². The van der Waals surface area contributed by atoms with Gasteiger partial charge < -0.3 is 10.1 Å². The first-order chi connectivity index (χ1) is 10.6. The summed E-state index contributed by atoms with van der Waals surface area (Å²) in [5.74, 6) is -0.944. The minimum absolute atomic E-state index is 0.0502. The van der Waals surface area contributed by atoms with Crippen LogP contribution in [0.25, 0.3) is 0 Å². The lowest BCUT2D eigenvalue weighted by Crippen LogP contribution is -2.36.